The van der Waals surface area contributed by atoms with Crippen molar-refractivity contribution in [1.29, 1.82) is 0 Å². The van der Waals surface area contributed by atoms with Crippen molar-refractivity contribution < 1.29 is 9.59 Å². The molecular weight excluding hydrogens is 338 g/mol. The SMILES string of the molecule is CC(=O)c1ccc(N2CC[C@@H](C(=O)N3CCCN(C4CCC4)CC3)C2)cc1. The van der Waals surface area contributed by atoms with Crippen molar-refractivity contribution in [3.05, 3.63) is 29.8 Å². The zero-order valence-corrected chi connectivity index (χ0v) is 16.4. The number of carbonyl (C=O) groups excluding carboxylic acids is 2. The first kappa shape index (κ1) is 18.5. The summed E-state index contributed by atoms with van der Waals surface area (Å²) in [6, 6.07) is 8.56. The highest BCUT2D eigenvalue weighted by Gasteiger charge is 2.33. The van der Waals surface area contributed by atoms with Crippen LogP contribution in [0.15, 0.2) is 24.3 Å². The first-order valence-corrected chi connectivity index (χ1v) is 10.5. The smallest absolute Gasteiger partial charge is 0.227 e. The van der Waals surface area contributed by atoms with E-state index in [-0.39, 0.29) is 11.7 Å². The summed E-state index contributed by atoms with van der Waals surface area (Å²) in [6.07, 6.45) is 6.08. The monoisotopic (exact) mass is 369 g/mol. The number of hydrogen-bond acceptors (Lipinski definition) is 4. The number of nitrogens with zero attached hydrogens (tertiary/aromatic N) is 3. The van der Waals surface area contributed by atoms with E-state index in [0.717, 1.165) is 69.4 Å². The van der Waals surface area contributed by atoms with Crippen LogP contribution in [-0.2, 0) is 4.79 Å². The largest absolute Gasteiger partial charge is 0.371 e. The summed E-state index contributed by atoms with van der Waals surface area (Å²) < 4.78 is 0. The van der Waals surface area contributed by atoms with Crippen LogP contribution < -0.4 is 4.90 Å². The Labute approximate surface area is 162 Å². The van der Waals surface area contributed by atoms with Gasteiger partial charge in [-0.25, -0.2) is 0 Å². The Morgan fingerprint density at radius 2 is 1.67 bits per heavy atom. The Balaban J connectivity index is 1.32. The van der Waals surface area contributed by atoms with Gasteiger partial charge in [0.25, 0.3) is 0 Å². The number of benzene rings is 1. The predicted octanol–water partition coefficient (Wildman–Crippen LogP) is 2.80. The van der Waals surface area contributed by atoms with Gasteiger partial charge in [-0.05, 0) is 56.9 Å². The molecule has 1 amide bonds. The van der Waals surface area contributed by atoms with Gasteiger partial charge in [0, 0.05) is 56.6 Å². The average molecular weight is 370 g/mol. The van der Waals surface area contributed by atoms with E-state index in [0.29, 0.717) is 5.91 Å². The van der Waals surface area contributed by atoms with E-state index in [9.17, 15) is 9.59 Å². The van der Waals surface area contributed by atoms with Gasteiger partial charge in [-0.3, -0.25) is 14.5 Å². The molecule has 5 heteroatoms. The zero-order valence-electron chi connectivity index (χ0n) is 16.4. The molecule has 3 aliphatic rings. The summed E-state index contributed by atoms with van der Waals surface area (Å²) in [5, 5.41) is 0. The first-order chi connectivity index (χ1) is 13.1. The highest BCUT2D eigenvalue weighted by Crippen LogP contribution is 2.28. The third kappa shape index (κ3) is 4.03. The fourth-order valence-electron chi connectivity index (χ4n) is 4.64. The molecule has 1 aromatic carbocycles. The third-order valence-electron chi connectivity index (χ3n) is 6.61. The fraction of sp³-hybridized carbons (Fsp3) is 0.636. The lowest BCUT2D eigenvalue weighted by Gasteiger charge is -2.36. The van der Waals surface area contributed by atoms with Crippen molar-refractivity contribution in [2.75, 3.05) is 44.2 Å². The molecule has 0 spiro atoms. The minimum absolute atomic E-state index is 0.0909. The molecule has 0 aromatic heterocycles. The summed E-state index contributed by atoms with van der Waals surface area (Å²) >= 11 is 0. The topological polar surface area (TPSA) is 43.9 Å². The van der Waals surface area contributed by atoms with Crippen molar-refractivity contribution in [3.8, 4) is 0 Å². The molecule has 1 saturated carbocycles. The van der Waals surface area contributed by atoms with Gasteiger partial charge in [-0.1, -0.05) is 6.42 Å². The number of Topliss-reactive ketones (excluding diaryl/α,β-unsaturated/α-hetero) is 1. The Morgan fingerprint density at radius 3 is 2.33 bits per heavy atom. The Morgan fingerprint density at radius 1 is 0.889 bits per heavy atom. The van der Waals surface area contributed by atoms with E-state index in [4.69, 9.17) is 0 Å². The van der Waals surface area contributed by atoms with Crippen LogP contribution in [0.5, 0.6) is 0 Å². The number of anilines is 1. The molecule has 1 aromatic rings. The maximum atomic E-state index is 13.1. The van der Waals surface area contributed by atoms with Gasteiger partial charge in [-0.15, -0.1) is 0 Å². The Kier molecular flexibility index (Phi) is 5.48. The number of hydrogen-bond donors (Lipinski definition) is 0. The second-order valence-electron chi connectivity index (χ2n) is 8.33. The lowest BCUT2D eigenvalue weighted by molar-refractivity contribution is -0.134. The molecule has 0 unspecified atom stereocenters. The number of amides is 1. The third-order valence-corrected chi connectivity index (χ3v) is 6.61. The quantitative estimate of drug-likeness (QED) is 0.766. The van der Waals surface area contributed by atoms with E-state index in [1.807, 2.05) is 24.3 Å². The Bertz CT molecular complexity index is 683. The van der Waals surface area contributed by atoms with Gasteiger partial charge in [0.15, 0.2) is 5.78 Å². The molecule has 146 valence electrons. The normalized spacial score (nSPS) is 24.6. The summed E-state index contributed by atoms with van der Waals surface area (Å²) in [6.45, 7) is 7.28. The van der Waals surface area contributed by atoms with Crippen LogP contribution in [0.25, 0.3) is 0 Å². The minimum atomic E-state index is 0.0909. The lowest BCUT2D eigenvalue weighted by atomic mass is 9.91. The molecule has 5 nitrogen and oxygen atoms in total. The molecule has 2 aliphatic heterocycles. The molecule has 0 N–H and O–H groups in total. The molecule has 0 radical (unpaired) electrons. The molecule has 3 fully saturated rings. The van der Waals surface area contributed by atoms with Gasteiger partial charge in [0.1, 0.15) is 0 Å². The van der Waals surface area contributed by atoms with Crippen molar-refractivity contribution in [2.45, 2.75) is 45.1 Å². The number of carbonyl (C=O) groups is 2. The second-order valence-corrected chi connectivity index (χ2v) is 8.33. The van der Waals surface area contributed by atoms with Gasteiger partial charge in [0.05, 0.1) is 5.92 Å². The van der Waals surface area contributed by atoms with Crippen LogP contribution in [0.1, 0.15) is 49.4 Å². The molecular formula is C22H31N3O2. The van der Waals surface area contributed by atoms with Crippen molar-refractivity contribution >= 4 is 17.4 Å². The Hall–Kier alpha value is -1.88. The molecule has 1 aliphatic carbocycles. The van der Waals surface area contributed by atoms with Crippen molar-refractivity contribution in [2.24, 2.45) is 5.92 Å². The zero-order chi connectivity index (χ0) is 18.8. The van der Waals surface area contributed by atoms with Crippen LogP contribution >= 0.6 is 0 Å². The lowest BCUT2D eigenvalue weighted by Crippen LogP contribution is -2.43. The predicted molar refractivity (Wildman–Crippen MR) is 107 cm³/mol. The summed E-state index contributed by atoms with van der Waals surface area (Å²) in [4.78, 5) is 31.5. The van der Waals surface area contributed by atoms with Crippen LogP contribution in [0.4, 0.5) is 5.69 Å². The average Bonchev–Trinajstić information content (AvgIpc) is 3.00. The molecule has 4 rings (SSSR count). The van der Waals surface area contributed by atoms with E-state index >= 15 is 0 Å². The van der Waals surface area contributed by atoms with Gasteiger partial charge in [0.2, 0.25) is 5.91 Å². The maximum Gasteiger partial charge on any atom is 0.227 e. The van der Waals surface area contributed by atoms with Gasteiger partial charge < -0.3 is 9.80 Å². The molecule has 0 bridgehead atoms. The van der Waals surface area contributed by atoms with Gasteiger partial charge in [-0.2, -0.15) is 0 Å². The summed E-state index contributed by atoms with van der Waals surface area (Å²) in [5.41, 5.74) is 1.86. The van der Waals surface area contributed by atoms with Crippen LogP contribution in [0.3, 0.4) is 0 Å². The van der Waals surface area contributed by atoms with E-state index in [1.165, 1.54) is 19.3 Å². The van der Waals surface area contributed by atoms with E-state index < -0.39 is 0 Å². The fourth-order valence-corrected chi connectivity index (χ4v) is 4.64. The van der Waals surface area contributed by atoms with Crippen molar-refractivity contribution in [3.63, 3.8) is 0 Å². The molecule has 27 heavy (non-hydrogen) atoms. The highest BCUT2D eigenvalue weighted by atomic mass is 16.2. The van der Waals surface area contributed by atoms with Crippen LogP contribution in [0, 0.1) is 5.92 Å². The van der Waals surface area contributed by atoms with Gasteiger partial charge >= 0.3 is 0 Å². The van der Waals surface area contributed by atoms with Crippen molar-refractivity contribution in [1.82, 2.24) is 9.80 Å². The maximum absolute atomic E-state index is 13.1. The highest BCUT2D eigenvalue weighted by molar-refractivity contribution is 5.94. The second kappa shape index (κ2) is 8.01. The molecule has 2 heterocycles. The summed E-state index contributed by atoms with van der Waals surface area (Å²) in [5.74, 6) is 0.536. The van der Waals surface area contributed by atoms with Crippen LogP contribution in [-0.4, -0.2) is 66.8 Å². The van der Waals surface area contributed by atoms with E-state index in [2.05, 4.69) is 14.7 Å². The molecule has 1 atom stereocenters. The summed E-state index contributed by atoms with van der Waals surface area (Å²) in [7, 11) is 0. The number of ketones is 1. The number of rotatable bonds is 4. The molecule has 2 saturated heterocycles. The standard InChI is InChI=1S/C22H31N3O2/c1-17(26)18-6-8-21(9-7-18)25-13-10-19(16-25)22(27)24-12-3-11-23(14-15-24)20-4-2-5-20/h6-9,19-20H,2-5,10-16H2,1H3/t19-/m1/s1. The van der Waals surface area contributed by atoms with E-state index in [1.54, 1.807) is 6.92 Å². The van der Waals surface area contributed by atoms with Crippen LogP contribution in [0.2, 0.25) is 0 Å². The first-order valence-electron chi connectivity index (χ1n) is 10.5. The minimum Gasteiger partial charge on any atom is -0.371 e.